The molecule has 13 N–H and O–H groups in total. The Morgan fingerprint density at radius 2 is 1.10 bits per heavy atom. The number of hydrogen-bond donors (Lipinski definition) is 10. The summed E-state index contributed by atoms with van der Waals surface area (Å²) >= 11 is 0. The van der Waals surface area contributed by atoms with E-state index >= 15 is 0 Å². The minimum Gasteiger partial charge on any atom is -0.394 e. The fourth-order valence-corrected chi connectivity index (χ4v) is 4.15. The van der Waals surface area contributed by atoms with Crippen molar-refractivity contribution < 1.29 is 54.7 Å². The SMILES string of the molecule is NC1C[C@@H](N)[C@@H](O[C@@H]2O[C@H](CO)[C@H](O)C2O)C(O)[C@@H]1O[C@H]1OC(CO)[C@@H](O)C(O)[C@@H]1N. The normalized spacial score (nSPS) is 53.6. The summed E-state index contributed by atoms with van der Waals surface area (Å²) < 4.78 is 22.0. The van der Waals surface area contributed by atoms with E-state index in [0.29, 0.717) is 0 Å². The monoisotopic (exact) mass is 455 g/mol. The molecule has 2 aliphatic heterocycles. The van der Waals surface area contributed by atoms with Gasteiger partial charge in [0.1, 0.15) is 54.9 Å². The van der Waals surface area contributed by atoms with E-state index in [1.165, 1.54) is 0 Å². The maximum absolute atomic E-state index is 10.8. The van der Waals surface area contributed by atoms with Crippen molar-refractivity contribution in [2.45, 2.75) is 92.1 Å². The molecule has 1 aliphatic carbocycles. The Labute approximate surface area is 178 Å². The van der Waals surface area contributed by atoms with Gasteiger partial charge in [-0.3, -0.25) is 0 Å². The minimum atomic E-state index is -1.48. The van der Waals surface area contributed by atoms with Crippen LogP contribution in [0, 0.1) is 0 Å². The summed E-state index contributed by atoms with van der Waals surface area (Å²) in [4.78, 5) is 0. The minimum absolute atomic E-state index is 0.123. The second-order valence-electron chi connectivity index (χ2n) is 8.25. The third-order valence-electron chi connectivity index (χ3n) is 6.07. The van der Waals surface area contributed by atoms with Gasteiger partial charge in [-0.1, -0.05) is 0 Å². The van der Waals surface area contributed by atoms with Crippen molar-refractivity contribution in [3.8, 4) is 0 Å². The Hall–Kier alpha value is -0.560. The molecule has 14 atom stereocenters. The fraction of sp³-hybridized carbons (Fsp3) is 1.00. The van der Waals surface area contributed by atoms with Gasteiger partial charge in [0.05, 0.1) is 19.3 Å². The van der Waals surface area contributed by atoms with Gasteiger partial charge in [-0.25, -0.2) is 0 Å². The van der Waals surface area contributed by atoms with E-state index < -0.39 is 98.9 Å². The quantitative estimate of drug-likeness (QED) is 0.179. The van der Waals surface area contributed by atoms with Gasteiger partial charge < -0.3 is 71.9 Å². The fourth-order valence-electron chi connectivity index (χ4n) is 4.15. The maximum atomic E-state index is 10.8. The second kappa shape index (κ2) is 10.1. The molecular weight excluding hydrogens is 422 g/mol. The Kier molecular flexibility index (Phi) is 8.21. The molecular formula is C17H33N3O11. The van der Waals surface area contributed by atoms with Crippen LogP contribution < -0.4 is 17.2 Å². The molecule has 0 radical (unpaired) electrons. The summed E-state index contributed by atoms with van der Waals surface area (Å²) in [6, 6.07) is -2.78. The Balaban J connectivity index is 1.70. The van der Waals surface area contributed by atoms with Gasteiger partial charge in [0, 0.05) is 12.1 Å². The predicted octanol–water partition coefficient (Wildman–Crippen LogP) is -6.62. The summed E-state index contributed by atoms with van der Waals surface area (Å²) in [6.07, 6.45) is -14.3. The van der Waals surface area contributed by atoms with Crippen LogP contribution in [0.4, 0.5) is 0 Å². The van der Waals surface area contributed by atoms with E-state index in [2.05, 4.69) is 0 Å². The lowest BCUT2D eigenvalue weighted by Crippen LogP contribution is -2.67. The first-order valence-electron chi connectivity index (χ1n) is 10.1. The average molecular weight is 455 g/mol. The highest BCUT2D eigenvalue weighted by Crippen LogP contribution is 2.31. The number of nitrogens with two attached hydrogens (primary N) is 3. The van der Waals surface area contributed by atoms with Crippen molar-refractivity contribution in [3.63, 3.8) is 0 Å². The topological polar surface area (TPSA) is 257 Å². The number of aliphatic hydroxyl groups is 7. The molecule has 0 aromatic heterocycles. The lowest BCUT2D eigenvalue weighted by atomic mass is 9.84. The first-order chi connectivity index (χ1) is 14.6. The summed E-state index contributed by atoms with van der Waals surface area (Å²) in [6.45, 7) is -1.16. The van der Waals surface area contributed by atoms with Gasteiger partial charge in [-0.2, -0.15) is 0 Å². The van der Waals surface area contributed by atoms with Gasteiger partial charge in [0.2, 0.25) is 0 Å². The van der Waals surface area contributed by atoms with Crippen LogP contribution in [0.3, 0.4) is 0 Å². The highest BCUT2D eigenvalue weighted by atomic mass is 16.7. The van der Waals surface area contributed by atoms with E-state index in [-0.39, 0.29) is 6.42 Å². The van der Waals surface area contributed by atoms with Crippen molar-refractivity contribution in [3.05, 3.63) is 0 Å². The molecule has 1 saturated carbocycles. The zero-order valence-corrected chi connectivity index (χ0v) is 16.7. The molecule has 14 heteroatoms. The van der Waals surface area contributed by atoms with Gasteiger partial charge >= 0.3 is 0 Å². The molecule has 3 rings (SSSR count). The Morgan fingerprint density at radius 3 is 1.61 bits per heavy atom. The summed E-state index contributed by atoms with van der Waals surface area (Å²) in [5.74, 6) is 0. The van der Waals surface area contributed by atoms with Gasteiger partial charge in [-0.05, 0) is 6.42 Å². The highest BCUT2D eigenvalue weighted by Gasteiger charge is 2.51. The molecule has 0 spiro atoms. The van der Waals surface area contributed by atoms with Gasteiger partial charge in [-0.15, -0.1) is 0 Å². The van der Waals surface area contributed by atoms with Crippen molar-refractivity contribution in [1.29, 1.82) is 0 Å². The summed E-state index contributed by atoms with van der Waals surface area (Å²) in [7, 11) is 0. The van der Waals surface area contributed by atoms with Crippen LogP contribution in [0.2, 0.25) is 0 Å². The van der Waals surface area contributed by atoms with E-state index in [4.69, 9.17) is 36.1 Å². The number of hydrogen-bond acceptors (Lipinski definition) is 14. The van der Waals surface area contributed by atoms with Crippen molar-refractivity contribution >= 4 is 0 Å². The average Bonchev–Trinajstić information content (AvgIpc) is 3.01. The maximum Gasteiger partial charge on any atom is 0.187 e. The largest absolute Gasteiger partial charge is 0.394 e. The van der Waals surface area contributed by atoms with Crippen LogP contribution in [0.5, 0.6) is 0 Å². The summed E-state index contributed by atoms with van der Waals surface area (Å²) in [5.41, 5.74) is 18.0. The van der Waals surface area contributed by atoms with Gasteiger partial charge in [0.25, 0.3) is 0 Å². The molecule has 31 heavy (non-hydrogen) atoms. The molecule has 2 saturated heterocycles. The first kappa shape index (κ1) is 25.1. The van der Waals surface area contributed by atoms with Crippen LogP contribution in [-0.2, 0) is 18.9 Å². The van der Waals surface area contributed by atoms with E-state index in [1.54, 1.807) is 0 Å². The number of ether oxygens (including phenoxy) is 4. The van der Waals surface area contributed by atoms with E-state index in [1.807, 2.05) is 0 Å². The molecule has 0 bridgehead atoms. The molecule has 5 unspecified atom stereocenters. The lowest BCUT2D eigenvalue weighted by molar-refractivity contribution is -0.302. The first-order valence-corrected chi connectivity index (χ1v) is 10.1. The Bertz CT molecular complexity index is 590. The van der Waals surface area contributed by atoms with Crippen LogP contribution in [0.1, 0.15) is 6.42 Å². The number of aliphatic hydroxyl groups excluding tert-OH is 7. The third-order valence-corrected chi connectivity index (χ3v) is 6.07. The molecule has 3 fully saturated rings. The highest BCUT2D eigenvalue weighted by molar-refractivity contribution is 5.01. The zero-order valence-electron chi connectivity index (χ0n) is 16.7. The smallest absolute Gasteiger partial charge is 0.187 e. The van der Waals surface area contributed by atoms with Crippen molar-refractivity contribution in [2.75, 3.05) is 13.2 Å². The van der Waals surface area contributed by atoms with E-state index in [0.717, 1.165) is 0 Å². The Morgan fingerprint density at radius 1 is 0.645 bits per heavy atom. The van der Waals surface area contributed by atoms with Crippen LogP contribution >= 0.6 is 0 Å². The summed E-state index contributed by atoms with van der Waals surface area (Å²) in [5, 5.41) is 69.3. The van der Waals surface area contributed by atoms with Crippen LogP contribution in [-0.4, -0.2) is 135 Å². The molecule has 182 valence electrons. The van der Waals surface area contributed by atoms with Crippen LogP contribution in [0.15, 0.2) is 0 Å². The number of rotatable bonds is 6. The zero-order chi connectivity index (χ0) is 23.0. The van der Waals surface area contributed by atoms with Gasteiger partial charge in [0.15, 0.2) is 12.6 Å². The molecule has 3 aliphatic rings. The molecule has 2 heterocycles. The van der Waals surface area contributed by atoms with Crippen molar-refractivity contribution in [1.82, 2.24) is 0 Å². The van der Waals surface area contributed by atoms with Crippen molar-refractivity contribution in [2.24, 2.45) is 17.2 Å². The molecule has 0 aromatic carbocycles. The van der Waals surface area contributed by atoms with Crippen LogP contribution in [0.25, 0.3) is 0 Å². The molecule has 14 nitrogen and oxygen atoms in total. The lowest BCUT2D eigenvalue weighted by Gasteiger charge is -2.46. The predicted molar refractivity (Wildman–Crippen MR) is 99.8 cm³/mol. The standard InChI is InChI=1S/C17H33N3O11/c18-4-1-5(19)15(31-17-12(26)10(24)7(3-22)29-17)13(27)14(4)30-16-8(20)11(25)9(23)6(2-21)28-16/h4-17,21-27H,1-3,18-20H2/t4?,5-,6?,7-,8+,9-,10+,11?,12?,13?,14-,15-,16-,17+/m1/s1. The molecule has 0 aromatic rings. The van der Waals surface area contributed by atoms with E-state index in [9.17, 15) is 35.7 Å². The molecule has 0 amide bonds. The second-order valence-corrected chi connectivity index (χ2v) is 8.25. The third kappa shape index (κ3) is 4.87.